The minimum absolute atomic E-state index is 0.0118. The molecule has 11 heteroatoms. The lowest BCUT2D eigenvalue weighted by Gasteiger charge is -2.19. The fourth-order valence-corrected chi connectivity index (χ4v) is 5.32. The van der Waals surface area contributed by atoms with Crippen LogP contribution in [0.25, 0.3) is 0 Å². The van der Waals surface area contributed by atoms with Crippen LogP contribution in [0.1, 0.15) is 29.8 Å². The molecule has 8 nitrogen and oxygen atoms in total. The quantitative estimate of drug-likeness (QED) is 0.638. The maximum atomic E-state index is 14.3. The molecule has 0 spiro atoms. The van der Waals surface area contributed by atoms with Gasteiger partial charge in [-0.25, -0.2) is 25.5 Å². The molecule has 1 N–H and O–H groups in total. The first-order valence-corrected chi connectivity index (χ1v) is 12.4. The molecular weight excluding hydrogens is 445 g/mol. The molecular formula is C20H26FN3O5S2. The Bertz CT molecular complexity index is 1190. The molecule has 0 aromatic heterocycles. The Balaban J connectivity index is 2.44. The van der Waals surface area contributed by atoms with Gasteiger partial charge in [0.25, 0.3) is 5.91 Å². The lowest BCUT2D eigenvalue weighted by Crippen LogP contribution is -2.31. The van der Waals surface area contributed by atoms with E-state index in [0.717, 1.165) is 20.7 Å². The number of hydrogen-bond acceptors (Lipinski definition) is 5. The van der Waals surface area contributed by atoms with Gasteiger partial charge < -0.3 is 5.32 Å². The maximum absolute atomic E-state index is 14.3. The number of amides is 1. The second-order valence-corrected chi connectivity index (χ2v) is 11.0. The number of rotatable bonds is 8. The number of carbonyl (C=O) groups excluding carboxylic acids is 1. The second-order valence-electron chi connectivity index (χ2n) is 6.95. The van der Waals surface area contributed by atoms with Crippen molar-refractivity contribution in [1.29, 1.82) is 0 Å². The Morgan fingerprint density at radius 2 is 1.58 bits per heavy atom. The highest BCUT2D eigenvalue weighted by molar-refractivity contribution is 7.89. The third kappa shape index (κ3) is 5.12. The summed E-state index contributed by atoms with van der Waals surface area (Å²) >= 11 is 0. The van der Waals surface area contributed by atoms with E-state index in [4.69, 9.17) is 0 Å². The second kappa shape index (κ2) is 9.43. The number of halogens is 1. The van der Waals surface area contributed by atoms with E-state index in [1.54, 1.807) is 26.8 Å². The van der Waals surface area contributed by atoms with Crippen molar-refractivity contribution in [2.75, 3.05) is 32.5 Å². The van der Waals surface area contributed by atoms with Crippen LogP contribution in [0.3, 0.4) is 0 Å². The highest BCUT2D eigenvalue weighted by Crippen LogP contribution is 2.24. The molecule has 0 atom stereocenters. The molecule has 0 aliphatic carbocycles. The van der Waals surface area contributed by atoms with Crippen molar-refractivity contribution >= 4 is 31.6 Å². The third-order valence-corrected chi connectivity index (χ3v) is 8.63. The van der Waals surface area contributed by atoms with Gasteiger partial charge in [-0.1, -0.05) is 19.9 Å². The molecule has 2 aromatic carbocycles. The van der Waals surface area contributed by atoms with Crippen LogP contribution in [0.15, 0.2) is 46.2 Å². The van der Waals surface area contributed by atoms with E-state index in [-0.39, 0.29) is 29.2 Å². The number of aryl methyl sites for hydroxylation is 1. The Morgan fingerprint density at radius 3 is 2.13 bits per heavy atom. The summed E-state index contributed by atoms with van der Waals surface area (Å²) in [7, 11) is -5.04. The molecule has 0 aliphatic heterocycles. The van der Waals surface area contributed by atoms with Gasteiger partial charge in [-0.05, 0) is 42.8 Å². The lowest BCUT2D eigenvalue weighted by molar-refractivity contribution is 0.102. The number of nitrogens with zero attached hydrogens (tertiary/aromatic N) is 2. The summed E-state index contributed by atoms with van der Waals surface area (Å²) in [5.74, 6) is -1.66. The van der Waals surface area contributed by atoms with Gasteiger partial charge in [0.05, 0.1) is 4.90 Å². The third-order valence-electron chi connectivity index (χ3n) is 4.75. The topological polar surface area (TPSA) is 104 Å². The fraction of sp³-hybridized carbons (Fsp3) is 0.350. The Hall–Kier alpha value is -2.34. The van der Waals surface area contributed by atoms with Crippen molar-refractivity contribution in [3.05, 3.63) is 53.3 Å². The van der Waals surface area contributed by atoms with Crippen LogP contribution in [0.5, 0.6) is 0 Å². The molecule has 0 bridgehead atoms. The molecule has 0 saturated heterocycles. The van der Waals surface area contributed by atoms with Crippen molar-refractivity contribution in [3.8, 4) is 0 Å². The SMILES string of the molecule is CCN(CC)S(=O)(=O)c1cc(C(=O)Nc2cc(S(=O)(=O)N(C)C)ccc2C)ccc1F. The van der Waals surface area contributed by atoms with Gasteiger partial charge in [-0.3, -0.25) is 4.79 Å². The van der Waals surface area contributed by atoms with Gasteiger partial charge >= 0.3 is 0 Å². The van der Waals surface area contributed by atoms with E-state index >= 15 is 0 Å². The zero-order chi connectivity index (χ0) is 23.6. The summed E-state index contributed by atoms with van der Waals surface area (Å²) in [6.45, 7) is 5.25. The summed E-state index contributed by atoms with van der Waals surface area (Å²) in [6.07, 6.45) is 0. The van der Waals surface area contributed by atoms with Gasteiger partial charge in [0, 0.05) is 38.4 Å². The molecule has 0 fully saturated rings. The molecule has 1 amide bonds. The standard InChI is InChI=1S/C20H26FN3O5S2/c1-6-24(7-2)31(28,29)19-12-15(9-11-17(19)21)20(25)22-18-13-16(10-8-14(18)3)30(26,27)23(4)5/h8-13H,6-7H2,1-5H3,(H,22,25). The molecule has 0 unspecified atom stereocenters. The van der Waals surface area contributed by atoms with Crippen molar-refractivity contribution in [2.45, 2.75) is 30.6 Å². The molecule has 0 aliphatic rings. The van der Waals surface area contributed by atoms with Crippen LogP contribution >= 0.6 is 0 Å². The van der Waals surface area contributed by atoms with E-state index in [1.807, 2.05) is 0 Å². The van der Waals surface area contributed by atoms with Gasteiger partial charge in [-0.2, -0.15) is 4.31 Å². The van der Waals surface area contributed by atoms with Gasteiger partial charge in [0.1, 0.15) is 10.7 Å². The van der Waals surface area contributed by atoms with E-state index in [0.29, 0.717) is 5.56 Å². The number of hydrogen-bond donors (Lipinski definition) is 1. The van der Waals surface area contributed by atoms with E-state index in [2.05, 4.69) is 5.32 Å². The van der Waals surface area contributed by atoms with Crippen molar-refractivity contribution in [1.82, 2.24) is 8.61 Å². The molecule has 0 saturated carbocycles. The molecule has 31 heavy (non-hydrogen) atoms. The highest BCUT2D eigenvalue weighted by Gasteiger charge is 2.26. The van der Waals surface area contributed by atoms with Crippen LogP contribution in [0.4, 0.5) is 10.1 Å². The molecule has 2 aromatic rings. The fourth-order valence-electron chi connectivity index (χ4n) is 2.85. The highest BCUT2D eigenvalue weighted by atomic mass is 32.2. The predicted molar refractivity (Wildman–Crippen MR) is 117 cm³/mol. The lowest BCUT2D eigenvalue weighted by atomic mass is 10.1. The van der Waals surface area contributed by atoms with Crippen molar-refractivity contribution in [3.63, 3.8) is 0 Å². The Labute approximate surface area is 182 Å². The van der Waals surface area contributed by atoms with Crippen molar-refractivity contribution < 1.29 is 26.0 Å². The van der Waals surface area contributed by atoms with Crippen LogP contribution in [0.2, 0.25) is 0 Å². The normalized spacial score (nSPS) is 12.4. The number of anilines is 1. The summed E-state index contributed by atoms with van der Waals surface area (Å²) < 4.78 is 66.6. The first kappa shape index (κ1) is 24.9. The number of carbonyl (C=O) groups is 1. The molecule has 170 valence electrons. The van der Waals surface area contributed by atoms with Gasteiger partial charge in [0.15, 0.2) is 0 Å². The summed E-state index contributed by atoms with van der Waals surface area (Å²) in [5, 5.41) is 2.58. The molecule has 2 rings (SSSR count). The summed E-state index contributed by atoms with van der Waals surface area (Å²) in [6, 6.07) is 7.36. The van der Waals surface area contributed by atoms with Gasteiger partial charge in [0.2, 0.25) is 20.0 Å². The monoisotopic (exact) mass is 471 g/mol. The first-order valence-electron chi connectivity index (χ1n) is 9.50. The Morgan fingerprint density at radius 1 is 0.968 bits per heavy atom. The zero-order valence-corrected chi connectivity index (χ0v) is 19.6. The minimum atomic E-state index is -4.11. The summed E-state index contributed by atoms with van der Waals surface area (Å²) in [4.78, 5) is 12.2. The average Bonchev–Trinajstić information content (AvgIpc) is 2.70. The zero-order valence-electron chi connectivity index (χ0n) is 18.0. The molecule has 0 radical (unpaired) electrons. The van der Waals surface area contributed by atoms with Crippen LogP contribution in [-0.2, 0) is 20.0 Å². The number of sulfonamides is 2. The van der Waals surface area contributed by atoms with E-state index in [1.165, 1.54) is 32.3 Å². The maximum Gasteiger partial charge on any atom is 0.255 e. The van der Waals surface area contributed by atoms with Gasteiger partial charge in [-0.15, -0.1) is 0 Å². The van der Waals surface area contributed by atoms with Crippen LogP contribution in [0, 0.1) is 12.7 Å². The van der Waals surface area contributed by atoms with Crippen LogP contribution < -0.4 is 5.32 Å². The average molecular weight is 472 g/mol. The number of benzene rings is 2. The number of nitrogens with one attached hydrogen (secondary N) is 1. The first-order chi connectivity index (χ1) is 14.4. The molecule has 0 heterocycles. The Kier molecular flexibility index (Phi) is 7.58. The van der Waals surface area contributed by atoms with E-state index in [9.17, 15) is 26.0 Å². The van der Waals surface area contributed by atoms with E-state index < -0.39 is 36.7 Å². The van der Waals surface area contributed by atoms with Crippen molar-refractivity contribution in [2.24, 2.45) is 0 Å². The smallest absolute Gasteiger partial charge is 0.255 e. The predicted octanol–water partition coefficient (Wildman–Crippen LogP) is 2.67. The summed E-state index contributed by atoms with van der Waals surface area (Å²) in [5.41, 5.74) is 0.766. The van der Waals surface area contributed by atoms with Crippen LogP contribution in [-0.4, -0.2) is 58.5 Å². The largest absolute Gasteiger partial charge is 0.322 e. The minimum Gasteiger partial charge on any atom is -0.322 e.